The molecule has 1 heterocycles. The Bertz CT molecular complexity index is 758. The van der Waals surface area contributed by atoms with E-state index < -0.39 is 11.7 Å². The normalized spacial score (nSPS) is 12.2. The Hall–Kier alpha value is -1.75. The van der Waals surface area contributed by atoms with Crippen LogP contribution in [0.1, 0.15) is 5.56 Å². The summed E-state index contributed by atoms with van der Waals surface area (Å²) >= 11 is 1.34. The van der Waals surface area contributed by atoms with Gasteiger partial charge in [-0.15, -0.1) is 11.3 Å². The van der Waals surface area contributed by atoms with Gasteiger partial charge in [-0.3, -0.25) is 0 Å². The van der Waals surface area contributed by atoms with Gasteiger partial charge in [-0.25, -0.2) is 0 Å². The Kier molecular flexibility index (Phi) is 2.67. The Balaban J connectivity index is 2.27. The van der Waals surface area contributed by atoms with E-state index in [-0.39, 0.29) is 0 Å². The minimum absolute atomic E-state index is 0.612. The number of hydrogen-bond acceptors (Lipinski definition) is 2. The van der Waals surface area contributed by atoms with Gasteiger partial charge in [0.2, 0.25) is 0 Å². The molecule has 98 valence electrons. The van der Waals surface area contributed by atoms with Crippen LogP contribution in [0.15, 0.2) is 36.4 Å². The van der Waals surface area contributed by atoms with Crippen LogP contribution in [0.3, 0.4) is 0 Å². The van der Waals surface area contributed by atoms with Crippen LogP contribution < -0.4 is 4.74 Å². The van der Waals surface area contributed by atoms with Gasteiger partial charge in [0.15, 0.2) is 0 Å². The highest BCUT2D eigenvalue weighted by molar-refractivity contribution is 7.25. The zero-order valence-corrected chi connectivity index (χ0v) is 10.7. The number of ether oxygens (including phenoxy) is 1. The van der Waals surface area contributed by atoms with Crippen LogP contribution in [0.5, 0.6) is 5.75 Å². The van der Waals surface area contributed by atoms with E-state index in [0.717, 1.165) is 21.5 Å². The SMILES string of the molecule is COc1ccc2c(c1)sc1cc(C(F)(F)F)ccc12. The van der Waals surface area contributed by atoms with Crippen molar-refractivity contribution in [3.63, 3.8) is 0 Å². The molecule has 0 bridgehead atoms. The molecule has 0 N–H and O–H groups in total. The number of thiophene rings is 1. The summed E-state index contributed by atoms with van der Waals surface area (Å²) < 4.78 is 44.7. The van der Waals surface area contributed by atoms with E-state index in [1.807, 2.05) is 18.2 Å². The quantitative estimate of drug-likeness (QED) is 0.604. The molecule has 0 radical (unpaired) electrons. The zero-order chi connectivity index (χ0) is 13.6. The van der Waals surface area contributed by atoms with Crippen molar-refractivity contribution < 1.29 is 17.9 Å². The van der Waals surface area contributed by atoms with Crippen LogP contribution in [-0.2, 0) is 6.18 Å². The zero-order valence-electron chi connectivity index (χ0n) is 9.91. The molecule has 1 nitrogen and oxygen atoms in total. The van der Waals surface area contributed by atoms with Gasteiger partial charge in [-0.2, -0.15) is 13.2 Å². The highest BCUT2D eigenvalue weighted by atomic mass is 32.1. The topological polar surface area (TPSA) is 9.23 Å². The van der Waals surface area contributed by atoms with Crippen molar-refractivity contribution in [2.45, 2.75) is 6.18 Å². The fourth-order valence-corrected chi connectivity index (χ4v) is 3.23. The third kappa shape index (κ3) is 2.04. The van der Waals surface area contributed by atoms with Crippen molar-refractivity contribution in [3.05, 3.63) is 42.0 Å². The Labute approximate surface area is 111 Å². The lowest BCUT2D eigenvalue weighted by Gasteiger charge is -2.05. The van der Waals surface area contributed by atoms with E-state index in [1.165, 1.54) is 23.5 Å². The van der Waals surface area contributed by atoms with Crippen LogP contribution >= 0.6 is 11.3 Å². The number of fused-ring (bicyclic) bond motifs is 3. The summed E-state index contributed by atoms with van der Waals surface area (Å²) in [6, 6.07) is 9.38. The van der Waals surface area contributed by atoms with E-state index >= 15 is 0 Å². The molecule has 0 aliphatic carbocycles. The molecule has 19 heavy (non-hydrogen) atoms. The number of hydrogen-bond donors (Lipinski definition) is 0. The van der Waals surface area contributed by atoms with Crippen molar-refractivity contribution in [1.29, 1.82) is 0 Å². The van der Waals surface area contributed by atoms with Crippen molar-refractivity contribution in [2.75, 3.05) is 7.11 Å². The van der Waals surface area contributed by atoms with E-state index in [0.29, 0.717) is 10.4 Å². The number of alkyl halides is 3. The first-order valence-electron chi connectivity index (χ1n) is 5.56. The first-order valence-corrected chi connectivity index (χ1v) is 6.38. The summed E-state index contributed by atoms with van der Waals surface area (Å²) in [7, 11) is 1.57. The number of rotatable bonds is 1. The monoisotopic (exact) mass is 282 g/mol. The van der Waals surface area contributed by atoms with Gasteiger partial charge in [0.1, 0.15) is 5.75 Å². The molecule has 0 atom stereocenters. The predicted octanol–water partition coefficient (Wildman–Crippen LogP) is 5.08. The lowest BCUT2D eigenvalue weighted by molar-refractivity contribution is -0.137. The fourth-order valence-electron chi connectivity index (χ4n) is 2.06. The average molecular weight is 282 g/mol. The molecule has 0 aliphatic rings. The summed E-state index contributed by atoms with van der Waals surface area (Å²) in [5, 5.41) is 1.80. The van der Waals surface area contributed by atoms with Crippen LogP contribution in [0.4, 0.5) is 13.2 Å². The summed E-state index contributed by atoms with van der Waals surface area (Å²) in [6.45, 7) is 0. The molecule has 0 saturated carbocycles. The molecule has 0 spiro atoms. The van der Waals surface area contributed by atoms with E-state index in [1.54, 1.807) is 7.11 Å². The van der Waals surface area contributed by atoms with Gasteiger partial charge in [0.25, 0.3) is 0 Å². The van der Waals surface area contributed by atoms with E-state index in [4.69, 9.17) is 4.74 Å². The molecule has 0 aliphatic heterocycles. The number of methoxy groups -OCH3 is 1. The first-order chi connectivity index (χ1) is 8.99. The van der Waals surface area contributed by atoms with E-state index in [2.05, 4.69) is 0 Å². The highest BCUT2D eigenvalue weighted by Crippen LogP contribution is 2.39. The molecular weight excluding hydrogens is 273 g/mol. The summed E-state index contributed by atoms with van der Waals surface area (Å²) in [5.41, 5.74) is -0.612. The van der Waals surface area contributed by atoms with Crippen LogP contribution in [0.25, 0.3) is 20.2 Å². The minimum atomic E-state index is -4.30. The highest BCUT2D eigenvalue weighted by Gasteiger charge is 2.30. The molecule has 0 saturated heterocycles. The summed E-state index contributed by atoms with van der Waals surface area (Å²) in [6.07, 6.45) is -4.30. The maximum absolute atomic E-state index is 12.7. The lowest BCUT2D eigenvalue weighted by Crippen LogP contribution is -2.03. The molecule has 5 heteroatoms. The maximum Gasteiger partial charge on any atom is 0.416 e. The van der Waals surface area contributed by atoms with E-state index in [9.17, 15) is 13.2 Å². The Morgan fingerprint density at radius 1 is 0.947 bits per heavy atom. The maximum atomic E-state index is 12.7. The average Bonchev–Trinajstić information content (AvgIpc) is 2.73. The molecule has 0 fully saturated rings. The summed E-state index contributed by atoms with van der Waals surface area (Å²) in [5.74, 6) is 0.704. The van der Waals surface area contributed by atoms with Crippen LogP contribution in [-0.4, -0.2) is 7.11 Å². The second kappa shape index (κ2) is 4.13. The predicted molar refractivity (Wildman–Crippen MR) is 70.9 cm³/mol. The lowest BCUT2D eigenvalue weighted by atomic mass is 10.1. The summed E-state index contributed by atoms with van der Waals surface area (Å²) in [4.78, 5) is 0. The van der Waals surface area contributed by atoms with Gasteiger partial charge in [0, 0.05) is 20.2 Å². The fraction of sp³-hybridized carbons (Fsp3) is 0.143. The van der Waals surface area contributed by atoms with Crippen molar-refractivity contribution in [1.82, 2.24) is 0 Å². The van der Waals surface area contributed by atoms with Crippen molar-refractivity contribution in [2.24, 2.45) is 0 Å². The van der Waals surface area contributed by atoms with Gasteiger partial charge < -0.3 is 4.74 Å². The largest absolute Gasteiger partial charge is 0.497 e. The van der Waals surface area contributed by atoms with Crippen molar-refractivity contribution >= 4 is 31.5 Å². The molecule has 3 aromatic rings. The smallest absolute Gasteiger partial charge is 0.416 e. The Morgan fingerprint density at radius 2 is 1.58 bits per heavy atom. The van der Waals surface area contributed by atoms with Gasteiger partial charge in [0.05, 0.1) is 12.7 Å². The molecule has 0 amide bonds. The molecular formula is C14H9F3OS. The molecule has 0 unspecified atom stereocenters. The molecule has 1 aromatic heterocycles. The van der Waals surface area contributed by atoms with Gasteiger partial charge in [-0.1, -0.05) is 6.07 Å². The minimum Gasteiger partial charge on any atom is -0.497 e. The number of halogens is 3. The third-order valence-electron chi connectivity index (χ3n) is 3.01. The van der Waals surface area contributed by atoms with Crippen molar-refractivity contribution in [3.8, 4) is 5.75 Å². The molecule has 3 rings (SSSR count). The second-order valence-electron chi connectivity index (χ2n) is 4.17. The van der Waals surface area contributed by atoms with Gasteiger partial charge in [-0.05, 0) is 30.3 Å². The van der Waals surface area contributed by atoms with Gasteiger partial charge >= 0.3 is 6.18 Å². The third-order valence-corrected chi connectivity index (χ3v) is 4.12. The van der Waals surface area contributed by atoms with Crippen LogP contribution in [0, 0.1) is 0 Å². The number of benzene rings is 2. The standard InChI is InChI=1S/C14H9F3OS/c1-18-9-3-5-11-10-4-2-8(14(15,16)17)6-12(10)19-13(11)7-9/h2-7H,1H3. The Morgan fingerprint density at radius 3 is 2.21 bits per heavy atom. The molecule has 2 aromatic carbocycles. The first kappa shape index (κ1) is 12.3. The second-order valence-corrected chi connectivity index (χ2v) is 5.26. The van der Waals surface area contributed by atoms with Crippen LogP contribution in [0.2, 0.25) is 0 Å².